The zero-order valence-corrected chi connectivity index (χ0v) is 25.5. The van der Waals surface area contributed by atoms with E-state index in [0.717, 1.165) is 21.3 Å². The van der Waals surface area contributed by atoms with Gasteiger partial charge in [0, 0.05) is 17.5 Å². The minimum absolute atomic E-state index is 0.0246. The number of likely N-dealkylation sites (N-methyl/N-ethyl adjacent to an activating group) is 1. The topological polar surface area (TPSA) is 113 Å². The van der Waals surface area contributed by atoms with E-state index in [1.54, 1.807) is 30.3 Å². The average molecular weight is 625 g/mol. The molecule has 3 atom stereocenters. The van der Waals surface area contributed by atoms with Crippen molar-refractivity contribution in [3.63, 3.8) is 0 Å². The standard InChI is InChI=1S/C30H29ClN4O5S2/c1-17(35(2)3)26(19-7-5-4-6-8-19)40-24-12-9-18(13-21(24)31)15-39-30(38)32-20-10-11-22-25(14-20)42-28(33-22)27-34-23(16-41-27)29(36)37/h4-14,17,23,26H,15-16H2,1-3H3,(H,32,38)(H,36,37)/t17?,23-,26?/m1/s1. The molecule has 2 unspecified atom stereocenters. The van der Waals surface area contributed by atoms with Gasteiger partial charge >= 0.3 is 12.1 Å². The smallest absolute Gasteiger partial charge is 0.411 e. The number of carbonyl (C=O) groups is 2. The fourth-order valence-electron chi connectivity index (χ4n) is 4.24. The predicted octanol–water partition coefficient (Wildman–Crippen LogP) is 6.72. The summed E-state index contributed by atoms with van der Waals surface area (Å²) >= 11 is 9.35. The van der Waals surface area contributed by atoms with Gasteiger partial charge in [0.1, 0.15) is 28.5 Å². The fraction of sp³-hybridized carbons (Fsp3) is 0.267. The summed E-state index contributed by atoms with van der Waals surface area (Å²) in [6.45, 7) is 2.12. The van der Waals surface area contributed by atoms with E-state index in [4.69, 9.17) is 21.1 Å². The molecule has 2 N–H and O–H groups in total. The largest absolute Gasteiger partial charge is 0.483 e. The van der Waals surface area contributed by atoms with Crippen LogP contribution in [0.25, 0.3) is 10.2 Å². The number of halogens is 1. The highest BCUT2D eigenvalue weighted by Crippen LogP contribution is 2.33. The first kappa shape index (κ1) is 29.8. The number of ether oxygens (including phenoxy) is 2. The zero-order valence-electron chi connectivity index (χ0n) is 23.1. The highest BCUT2D eigenvalue weighted by atomic mass is 35.5. The maximum absolute atomic E-state index is 12.5. The van der Waals surface area contributed by atoms with Crippen LogP contribution >= 0.6 is 34.7 Å². The first-order valence-electron chi connectivity index (χ1n) is 13.1. The molecule has 0 saturated heterocycles. The van der Waals surface area contributed by atoms with E-state index >= 15 is 0 Å². The maximum atomic E-state index is 12.5. The Kier molecular flexibility index (Phi) is 9.32. The number of hydrogen-bond donors (Lipinski definition) is 2. The number of rotatable bonds is 10. The molecule has 1 amide bonds. The van der Waals surface area contributed by atoms with Crippen molar-refractivity contribution >= 4 is 67.7 Å². The van der Waals surface area contributed by atoms with Crippen molar-refractivity contribution in [2.45, 2.75) is 31.7 Å². The van der Waals surface area contributed by atoms with E-state index in [0.29, 0.717) is 32.3 Å². The maximum Gasteiger partial charge on any atom is 0.411 e. The second kappa shape index (κ2) is 13.1. The van der Waals surface area contributed by atoms with Gasteiger partial charge < -0.3 is 19.5 Å². The monoisotopic (exact) mass is 624 g/mol. The number of carboxylic acid groups (broad SMARTS) is 1. The molecular formula is C30H29ClN4O5S2. The van der Waals surface area contributed by atoms with Crippen molar-refractivity contribution in [3.8, 4) is 5.75 Å². The van der Waals surface area contributed by atoms with Gasteiger partial charge in [-0.2, -0.15) is 0 Å². The number of nitrogens with zero attached hydrogens (tertiary/aromatic N) is 3. The Morgan fingerprint density at radius 1 is 1.14 bits per heavy atom. The number of fused-ring (bicyclic) bond motifs is 1. The molecule has 218 valence electrons. The van der Waals surface area contributed by atoms with E-state index < -0.39 is 18.1 Å². The Bertz CT molecular complexity index is 1630. The van der Waals surface area contributed by atoms with Crippen molar-refractivity contribution in [2.75, 3.05) is 25.2 Å². The molecule has 0 saturated carbocycles. The third kappa shape index (κ3) is 7.04. The van der Waals surface area contributed by atoms with Gasteiger partial charge in [-0.15, -0.1) is 23.1 Å². The number of aliphatic imine (C=N–C) groups is 1. The number of thioether (sulfide) groups is 1. The van der Waals surface area contributed by atoms with E-state index in [1.165, 1.54) is 23.1 Å². The van der Waals surface area contributed by atoms with Crippen LogP contribution in [-0.2, 0) is 16.1 Å². The molecule has 9 nitrogen and oxygen atoms in total. The molecular weight excluding hydrogens is 596 g/mol. The molecule has 0 aliphatic carbocycles. The van der Waals surface area contributed by atoms with E-state index in [2.05, 4.69) is 27.1 Å². The molecule has 2 heterocycles. The van der Waals surface area contributed by atoms with Crippen LogP contribution in [0.3, 0.4) is 0 Å². The van der Waals surface area contributed by atoms with Crippen molar-refractivity contribution in [1.82, 2.24) is 9.88 Å². The van der Waals surface area contributed by atoms with E-state index in [-0.39, 0.29) is 18.8 Å². The van der Waals surface area contributed by atoms with Gasteiger partial charge in [-0.25, -0.2) is 14.6 Å². The normalized spacial score (nSPS) is 16.2. The number of aromatic nitrogens is 1. The lowest BCUT2D eigenvalue weighted by atomic mass is 10.0. The van der Waals surface area contributed by atoms with Gasteiger partial charge in [0.25, 0.3) is 0 Å². The lowest BCUT2D eigenvalue weighted by molar-refractivity contribution is -0.137. The minimum Gasteiger partial charge on any atom is -0.483 e. The highest BCUT2D eigenvalue weighted by Gasteiger charge is 2.27. The minimum atomic E-state index is -0.943. The summed E-state index contributed by atoms with van der Waals surface area (Å²) in [6.07, 6.45) is -0.843. The molecule has 4 aromatic rings. The summed E-state index contributed by atoms with van der Waals surface area (Å²) in [6, 6.07) is 20.0. The molecule has 1 aliphatic rings. The molecule has 3 aromatic carbocycles. The third-order valence-electron chi connectivity index (χ3n) is 6.75. The SMILES string of the molecule is CC(C(Oc1ccc(COC(=O)Nc2ccc3nc(C4=N[C@@H](C(=O)O)CS4)sc3c2)cc1Cl)c1ccccc1)N(C)C. The van der Waals surface area contributed by atoms with Crippen LogP contribution in [0.2, 0.25) is 5.02 Å². The van der Waals surface area contributed by atoms with Gasteiger partial charge in [-0.1, -0.05) is 48.0 Å². The van der Waals surface area contributed by atoms with E-state index in [9.17, 15) is 14.7 Å². The van der Waals surface area contributed by atoms with Crippen LogP contribution in [-0.4, -0.2) is 64.0 Å². The van der Waals surface area contributed by atoms with Gasteiger partial charge in [0.2, 0.25) is 0 Å². The Balaban J connectivity index is 1.20. The van der Waals surface area contributed by atoms with Crippen LogP contribution in [0.5, 0.6) is 5.75 Å². The Hall–Kier alpha value is -3.64. The summed E-state index contributed by atoms with van der Waals surface area (Å²) in [5.41, 5.74) is 3.05. The molecule has 12 heteroatoms. The Morgan fingerprint density at radius 3 is 2.62 bits per heavy atom. The van der Waals surface area contributed by atoms with Crippen molar-refractivity contribution in [3.05, 3.63) is 87.9 Å². The van der Waals surface area contributed by atoms with Gasteiger partial charge in [-0.3, -0.25) is 10.3 Å². The lowest BCUT2D eigenvalue weighted by Gasteiger charge is -2.30. The number of benzene rings is 3. The van der Waals surface area contributed by atoms with Crippen LogP contribution < -0.4 is 10.1 Å². The van der Waals surface area contributed by atoms with Crippen LogP contribution in [0.1, 0.15) is 29.2 Å². The molecule has 5 rings (SSSR count). The van der Waals surface area contributed by atoms with Crippen LogP contribution in [0.4, 0.5) is 10.5 Å². The first-order chi connectivity index (χ1) is 20.2. The zero-order chi connectivity index (χ0) is 29.8. The number of nitrogens with one attached hydrogen (secondary N) is 1. The fourth-order valence-corrected chi connectivity index (χ4v) is 6.59. The van der Waals surface area contributed by atoms with Crippen molar-refractivity contribution in [2.24, 2.45) is 4.99 Å². The summed E-state index contributed by atoms with van der Waals surface area (Å²) < 4.78 is 12.6. The van der Waals surface area contributed by atoms with Gasteiger partial charge in [0.15, 0.2) is 6.04 Å². The molecule has 0 radical (unpaired) electrons. The molecule has 0 fully saturated rings. The number of anilines is 1. The number of amides is 1. The number of hydrogen-bond acceptors (Lipinski definition) is 9. The molecule has 0 bridgehead atoms. The molecule has 42 heavy (non-hydrogen) atoms. The quantitative estimate of drug-likeness (QED) is 0.200. The van der Waals surface area contributed by atoms with Crippen LogP contribution in [0, 0.1) is 0 Å². The third-order valence-corrected chi connectivity index (χ3v) is 9.26. The second-order valence-corrected chi connectivity index (χ2v) is 12.4. The second-order valence-electron chi connectivity index (χ2n) is 9.92. The van der Waals surface area contributed by atoms with Crippen molar-refractivity contribution in [1.29, 1.82) is 0 Å². The molecule has 1 aliphatic heterocycles. The number of aliphatic carboxylic acids is 1. The van der Waals surface area contributed by atoms with Crippen LogP contribution in [0.15, 0.2) is 71.7 Å². The summed E-state index contributed by atoms with van der Waals surface area (Å²) in [5.74, 6) is -0.00375. The first-order valence-corrected chi connectivity index (χ1v) is 15.3. The van der Waals surface area contributed by atoms with Gasteiger partial charge in [-0.05, 0) is 62.5 Å². The lowest BCUT2D eigenvalue weighted by Crippen LogP contribution is -2.34. The average Bonchev–Trinajstić information content (AvgIpc) is 3.63. The highest BCUT2D eigenvalue weighted by molar-refractivity contribution is 8.15. The molecule has 1 aromatic heterocycles. The summed E-state index contributed by atoms with van der Waals surface area (Å²) in [4.78, 5) is 34.6. The number of thiazole rings is 1. The predicted molar refractivity (Wildman–Crippen MR) is 168 cm³/mol. The Morgan fingerprint density at radius 2 is 1.93 bits per heavy atom. The van der Waals surface area contributed by atoms with E-state index in [1.807, 2.05) is 50.5 Å². The molecule has 0 spiro atoms. The van der Waals surface area contributed by atoms with Gasteiger partial charge in [0.05, 0.1) is 15.2 Å². The van der Waals surface area contributed by atoms with Crippen molar-refractivity contribution < 1.29 is 24.2 Å². The summed E-state index contributed by atoms with van der Waals surface area (Å²) in [5, 5.41) is 13.6. The number of carboxylic acids is 1. The summed E-state index contributed by atoms with van der Waals surface area (Å²) in [7, 11) is 4.01. The Labute approximate surface area is 256 Å². The number of carbonyl (C=O) groups excluding carboxylic acids is 1.